The van der Waals surface area contributed by atoms with Crippen LogP contribution in [0.4, 0.5) is 0 Å². The van der Waals surface area contributed by atoms with Crippen LogP contribution < -0.4 is 5.56 Å². The van der Waals surface area contributed by atoms with Crippen molar-refractivity contribution in [2.75, 3.05) is 27.2 Å². The maximum absolute atomic E-state index is 13.6. The molecule has 1 fully saturated rings. The van der Waals surface area contributed by atoms with Gasteiger partial charge in [0.2, 0.25) is 0 Å². The first-order valence-corrected chi connectivity index (χ1v) is 11.3. The van der Waals surface area contributed by atoms with E-state index >= 15 is 0 Å². The van der Waals surface area contributed by atoms with E-state index in [1.165, 1.54) is 0 Å². The molecule has 3 aromatic rings. The number of carbonyl (C=O) groups excluding carboxylic acids is 1. The second-order valence-electron chi connectivity index (χ2n) is 9.36. The molecule has 5 heteroatoms. The van der Waals surface area contributed by atoms with Crippen molar-refractivity contribution >= 4 is 5.91 Å². The molecule has 0 radical (unpaired) electrons. The molecule has 2 aliphatic heterocycles. The van der Waals surface area contributed by atoms with Gasteiger partial charge in [-0.3, -0.25) is 9.59 Å². The van der Waals surface area contributed by atoms with Crippen molar-refractivity contribution in [3.05, 3.63) is 93.9 Å². The topological polar surface area (TPSA) is 45.6 Å². The van der Waals surface area contributed by atoms with Crippen molar-refractivity contribution in [3.63, 3.8) is 0 Å². The number of carbonyl (C=O) groups is 1. The van der Waals surface area contributed by atoms with Crippen molar-refractivity contribution < 1.29 is 4.79 Å². The highest BCUT2D eigenvalue weighted by Gasteiger charge is 2.37. The molecule has 0 saturated carbocycles. The number of aromatic nitrogens is 1. The second-order valence-corrected chi connectivity index (χ2v) is 9.36. The Morgan fingerprint density at radius 1 is 0.906 bits per heavy atom. The summed E-state index contributed by atoms with van der Waals surface area (Å²) in [6.45, 7) is 2.84. The van der Waals surface area contributed by atoms with Gasteiger partial charge in [0.15, 0.2) is 0 Å². The zero-order valence-corrected chi connectivity index (χ0v) is 18.7. The number of pyridine rings is 1. The van der Waals surface area contributed by atoms with Gasteiger partial charge in [0.1, 0.15) is 0 Å². The van der Waals surface area contributed by atoms with E-state index in [9.17, 15) is 9.59 Å². The predicted molar refractivity (Wildman–Crippen MR) is 127 cm³/mol. The van der Waals surface area contributed by atoms with Crippen LogP contribution in [0.2, 0.25) is 0 Å². The number of fused-ring (bicyclic) bond motifs is 4. The first-order valence-electron chi connectivity index (χ1n) is 11.3. The Morgan fingerprint density at radius 2 is 1.66 bits per heavy atom. The van der Waals surface area contributed by atoms with Gasteiger partial charge in [0.25, 0.3) is 11.5 Å². The van der Waals surface area contributed by atoms with Crippen LogP contribution >= 0.6 is 0 Å². The van der Waals surface area contributed by atoms with Gasteiger partial charge in [-0.25, -0.2) is 0 Å². The fourth-order valence-corrected chi connectivity index (χ4v) is 5.34. The Kier molecular flexibility index (Phi) is 5.43. The number of amides is 1. The summed E-state index contributed by atoms with van der Waals surface area (Å²) in [5.41, 5.74) is 4.82. The lowest BCUT2D eigenvalue weighted by Crippen LogP contribution is -2.49. The Hall–Kier alpha value is -3.18. The average Bonchev–Trinajstić information content (AvgIpc) is 2.80. The quantitative estimate of drug-likeness (QED) is 0.636. The number of rotatable bonds is 4. The van der Waals surface area contributed by atoms with E-state index in [1.807, 2.05) is 78.2 Å². The van der Waals surface area contributed by atoms with Gasteiger partial charge in [0, 0.05) is 48.9 Å². The molecule has 3 heterocycles. The van der Waals surface area contributed by atoms with E-state index < -0.39 is 0 Å². The number of hydrogen-bond donors (Lipinski definition) is 0. The molecule has 164 valence electrons. The monoisotopic (exact) mass is 427 g/mol. The molecule has 2 bridgehead atoms. The molecule has 5 rings (SSSR count). The summed E-state index contributed by atoms with van der Waals surface area (Å²) in [5, 5.41) is 0. The minimum Gasteiger partial charge on any atom is -0.338 e. The van der Waals surface area contributed by atoms with E-state index in [0.717, 1.165) is 40.9 Å². The van der Waals surface area contributed by atoms with E-state index in [1.54, 1.807) is 0 Å². The number of nitrogens with zero attached hydrogens (tertiary/aromatic N) is 3. The van der Waals surface area contributed by atoms with Crippen LogP contribution in [-0.4, -0.2) is 47.5 Å². The predicted octanol–water partition coefficient (Wildman–Crippen LogP) is 3.84. The zero-order valence-electron chi connectivity index (χ0n) is 18.7. The zero-order chi connectivity index (χ0) is 22.2. The fourth-order valence-electron chi connectivity index (χ4n) is 5.34. The highest BCUT2D eigenvalue weighted by molar-refractivity contribution is 5.94. The van der Waals surface area contributed by atoms with Gasteiger partial charge in [0.05, 0.1) is 0 Å². The lowest BCUT2D eigenvalue weighted by molar-refractivity contribution is 0.0594. The minimum absolute atomic E-state index is 0.0883. The summed E-state index contributed by atoms with van der Waals surface area (Å²) in [6.07, 6.45) is 1.04. The van der Waals surface area contributed by atoms with Crippen molar-refractivity contribution in [3.8, 4) is 11.1 Å². The maximum atomic E-state index is 13.6. The molecule has 0 aliphatic carbocycles. The molecule has 0 unspecified atom stereocenters. The third-order valence-corrected chi connectivity index (χ3v) is 6.71. The van der Waals surface area contributed by atoms with Crippen molar-refractivity contribution in [1.82, 2.24) is 14.4 Å². The molecule has 5 nitrogen and oxygen atoms in total. The van der Waals surface area contributed by atoms with Gasteiger partial charge < -0.3 is 14.4 Å². The molecule has 0 N–H and O–H groups in total. The summed E-state index contributed by atoms with van der Waals surface area (Å²) in [4.78, 5) is 30.7. The van der Waals surface area contributed by atoms with Crippen molar-refractivity contribution in [2.24, 2.45) is 5.92 Å². The third-order valence-electron chi connectivity index (χ3n) is 6.71. The van der Waals surface area contributed by atoms with Crippen LogP contribution in [0.25, 0.3) is 11.1 Å². The van der Waals surface area contributed by atoms with E-state index in [4.69, 9.17) is 0 Å². The molecule has 1 amide bonds. The molecule has 32 heavy (non-hydrogen) atoms. The molecule has 1 saturated heterocycles. The Bertz CT molecular complexity index is 1200. The van der Waals surface area contributed by atoms with Gasteiger partial charge in [-0.05, 0) is 61.8 Å². The van der Waals surface area contributed by atoms with E-state index in [-0.39, 0.29) is 17.4 Å². The molecular formula is C27H29N3O2. The number of hydrogen-bond acceptors (Lipinski definition) is 3. The Morgan fingerprint density at radius 3 is 2.44 bits per heavy atom. The van der Waals surface area contributed by atoms with Gasteiger partial charge in [-0.2, -0.15) is 0 Å². The fraction of sp³-hybridized carbons (Fsp3) is 0.333. The highest BCUT2D eigenvalue weighted by atomic mass is 16.2. The molecule has 1 aromatic heterocycles. The number of piperidine rings is 1. The minimum atomic E-state index is 0.0883. The molecule has 2 atom stereocenters. The molecule has 2 aromatic carbocycles. The van der Waals surface area contributed by atoms with E-state index in [2.05, 4.69) is 17.0 Å². The molecule has 2 aliphatic rings. The number of benzene rings is 2. The van der Waals surface area contributed by atoms with E-state index in [0.29, 0.717) is 25.6 Å². The average molecular weight is 428 g/mol. The van der Waals surface area contributed by atoms with Crippen LogP contribution in [-0.2, 0) is 13.1 Å². The summed E-state index contributed by atoms with van der Waals surface area (Å²) >= 11 is 0. The van der Waals surface area contributed by atoms with Crippen molar-refractivity contribution in [2.45, 2.75) is 25.4 Å². The Labute approximate surface area is 188 Å². The first kappa shape index (κ1) is 20.7. The van der Waals surface area contributed by atoms with Gasteiger partial charge >= 0.3 is 0 Å². The number of likely N-dealkylation sites (tertiary alicyclic amines) is 1. The smallest absolute Gasteiger partial charge is 0.258 e. The lowest BCUT2D eigenvalue weighted by Gasteiger charge is -2.43. The first-order chi connectivity index (χ1) is 15.5. The van der Waals surface area contributed by atoms with Gasteiger partial charge in [-0.1, -0.05) is 42.5 Å². The van der Waals surface area contributed by atoms with Gasteiger partial charge in [-0.15, -0.1) is 0 Å². The summed E-state index contributed by atoms with van der Waals surface area (Å²) in [5.74, 6) is 0.596. The van der Waals surface area contributed by atoms with Crippen LogP contribution in [0.3, 0.4) is 0 Å². The van der Waals surface area contributed by atoms with Crippen LogP contribution in [0, 0.1) is 5.92 Å². The largest absolute Gasteiger partial charge is 0.338 e. The van der Waals surface area contributed by atoms with Crippen LogP contribution in [0.1, 0.15) is 34.0 Å². The maximum Gasteiger partial charge on any atom is 0.258 e. The second kappa shape index (κ2) is 8.40. The highest BCUT2D eigenvalue weighted by Crippen LogP contribution is 2.36. The standard InChI is InChI=1S/C27H29N3O2/c1-28(2)17-21-10-6-7-11-23(21)24-12-13-25-22-14-19(16-30(25)27(24)32)15-29(18-22)26(31)20-8-4-3-5-9-20/h3-13,19,22H,14-18H2,1-2H3/t19-,22-/m1/s1. The Balaban J connectivity index is 1.47. The summed E-state index contributed by atoms with van der Waals surface area (Å²) < 4.78 is 1.98. The lowest BCUT2D eigenvalue weighted by atomic mass is 9.82. The summed E-state index contributed by atoms with van der Waals surface area (Å²) in [6, 6.07) is 21.8. The van der Waals surface area contributed by atoms with Crippen LogP contribution in [0.15, 0.2) is 71.5 Å². The molecule has 0 spiro atoms. The normalized spacial score (nSPS) is 19.7. The van der Waals surface area contributed by atoms with Crippen LogP contribution in [0.5, 0.6) is 0 Å². The summed E-state index contributed by atoms with van der Waals surface area (Å²) in [7, 11) is 4.08. The third kappa shape index (κ3) is 3.78. The molecular weight excluding hydrogens is 398 g/mol. The van der Waals surface area contributed by atoms with Crippen molar-refractivity contribution in [1.29, 1.82) is 0 Å². The SMILES string of the molecule is CN(C)Cc1ccccc1-c1ccc2n(c1=O)C[C@@H]1C[C@@H]2CN(C(=O)c2ccccc2)C1.